The fourth-order valence-corrected chi connectivity index (χ4v) is 5.16. The van der Waals surface area contributed by atoms with Crippen molar-refractivity contribution in [2.75, 3.05) is 32.4 Å². The highest BCUT2D eigenvalue weighted by atomic mass is 32.2. The van der Waals surface area contributed by atoms with Crippen LogP contribution in [-0.4, -0.2) is 57.5 Å². The SMILES string of the molecule is CSc1ccc(CN2CCCN(Cc3noc(-c4c(C)noc4C)n3)CC2)s1. The third-order valence-electron chi connectivity index (χ3n) is 4.98. The minimum Gasteiger partial charge on any atom is -0.361 e. The Hall–Kier alpha value is -1.68. The lowest BCUT2D eigenvalue weighted by Crippen LogP contribution is -2.30. The van der Waals surface area contributed by atoms with E-state index in [1.54, 1.807) is 0 Å². The lowest BCUT2D eigenvalue weighted by molar-refractivity contribution is 0.242. The van der Waals surface area contributed by atoms with Gasteiger partial charge in [-0.3, -0.25) is 9.80 Å². The Kier molecular flexibility index (Phi) is 6.15. The molecule has 4 heterocycles. The second-order valence-corrected chi connectivity index (χ2v) is 9.32. The zero-order chi connectivity index (χ0) is 19.5. The average Bonchev–Trinajstić information content (AvgIpc) is 3.36. The highest BCUT2D eigenvalue weighted by molar-refractivity contribution is 8.00. The van der Waals surface area contributed by atoms with Gasteiger partial charge in [0.15, 0.2) is 5.82 Å². The Morgan fingerprint density at radius 1 is 1.04 bits per heavy atom. The van der Waals surface area contributed by atoms with Crippen molar-refractivity contribution in [3.63, 3.8) is 0 Å². The van der Waals surface area contributed by atoms with Gasteiger partial charge in [-0.05, 0) is 51.7 Å². The van der Waals surface area contributed by atoms with Gasteiger partial charge in [0.2, 0.25) is 0 Å². The third-order valence-corrected chi connectivity index (χ3v) is 7.13. The fourth-order valence-electron chi connectivity index (χ4n) is 3.52. The number of aromatic nitrogens is 3. The van der Waals surface area contributed by atoms with Crippen LogP contribution in [0.1, 0.15) is 28.6 Å². The first-order valence-corrected chi connectivity index (χ1v) is 11.5. The van der Waals surface area contributed by atoms with Crippen LogP contribution in [0.3, 0.4) is 0 Å². The van der Waals surface area contributed by atoms with Gasteiger partial charge >= 0.3 is 0 Å². The van der Waals surface area contributed by atoms with E-state index in [2.05, 4.69) is 43.5 Å². The van der Waals surface area contributed by atoms with E-state index < -0.39 is 0 Å². The first kappa shape index (κ1) is 19.6. The van der Waals surface area contributed by atoms with Gasteiger partial charge in [0.1, 0.15) is 11.3 Å². The number of nitrogens with zero attached hydrogens (tertiary/aromatic N) is 5. The van der Waals surface area contributed by atoms with Crippen LogP contribution in [0.4, 0.5) is 0 Å². The summed E-state index contributed by atoms with van der Waals surface area (Å²) < 4.78 is 12.0. The van der Waals surface area contributed by atoms with Crippen molar-refractivity contribution in [1.82, 2.24) is 25.1 Å². The number of rotatable bonds is 6. The second-order valence-electron chi connectivity index (χ2n) is 7.05. The number of thioether (sulfide) groups is 1. The number of hydrogen-bond donors (Lipinski definition) is 0. The van der Waals surface area contributed by atoms with Crippen LogP contribution in [0.25, 0.3) is 11.5 Å². The van der Waals surface area contributed by atoms with Crippen molar-refractivity contribution < 1.29 is 9.05 Å². The first-order chi connectivity index (χ1) is 13.6. The molecule has 0 unspecified atom stereocenters. The Morgan fingerprint density at radius 2 is 1.82 bits per heavy atom. The molecule has 0 saturated carbocycles. The molecule has 1 fully saturated rings. The smallest absolute Gasteiger partial charge is 0.263 e. The quantitative estimate of drug-likeness (QED) is 0.558. The molecule has 1 aliphatic rings. The van der Waals surface area contributed by atoms with E-state index in [-0.39, 0.29) is 0 Å². The lowest BCUT2D eigenvalue weighted by atomic mass is 10.2. The van der Waals surface area contributed by atoms with Gasteiger partial charge in [-0.1, -0.05) is 10.3 Å². The van der Waals surface area contributed by atoms with Crippen LogP contribution in [-0.2, 0) is 13.1 Å². The van der Waals surface area contributed by atoms with Crippen molar-refractivity contribution in [2.45, 2.75) is 37.6 Å². The van der Waals surface area contributed by atoms with Gasteiger partial charge in [-0.2, -0.15) is 4.98 Å². The first-order valence-electron chi connectivity index (χ1n) is 9.45. The predicted molar refractivity (Wildman–Crippen MR) is 111 cm³/mol. The molecule has 0 aliphatic carbocycles. The van der Waals surface area contributed by atoms with E-state index in [1.165, 1.54) is 9.09 Å². The standard InChI is InChI=1S/C19H25N5O2S2/c1-13-18(14(2)25-21-13)19-20-16(22-26-19)12-24-8-4-7-23(9-10-24)11-15-5-6-17(27-3)28-15/h5-6H,4,7-12H2,1-3H3. The summed E-state index contributed by atoms with van der Waals surface area (Å²) in [5, 5.41) is 8.13. The zero-order valence-corrected chi connectivity index (χ0v) is 18.1. The Balaban J connectivity index is 1.34. The lowest BCUT2D eigenvalue weighted by Gasteiger charge is -2.20. The van der Waals surface area contributed by atoms with Gasteiger partial charge in [0.05, 0.1) is 16.4 Å². The van der Waals surface area contributed by atoms with Crippen LogP contribution < -0.4 is 0 Å². The van der Waals surface area contributed by atoms with Gasteiger partial charge < -0.3 is 9.05 Å². The Morgan fingerprint density at radius 3 is 2.50 bits per heavy atom. The summed E-state index contributed by atoms with van der Waals surface area (Å²) in [5.41, 5.74) is 1.58. The Bertz CT molecular complexity index is 900. The van der Waals surface area contributed by atoms with Crippen molar-refractivity contribution in [2.24, 2.45) is 0 Å². The van der Waals surface area contributed by atoms with Crippen molar-refractivity contribution in [3.8, 4) is 11.5 Å². The molecular weight excluding hydrogens is 394 g/mol. The number of thiophene rings is 1. The van der Waals surface area contributed by atoms with Crippen molar-refractivity contribution in [3.05, 3.63) is 34.3 Å². The van der Waals surface area contributed by atoms with Crippen LogP contribution in [0, 0.1) is 13.8 Å². The Labute approximate surface area is 173 Å². The molecule has 0 spiro atoms. The molecule has 0 radical (unpaired) electrons. The summed E-state index contributed by atoms with van der Waals surface area (Å²) >= 11 is 3.72. The molecule has 0 bridgehead atoms. The summed E-state index contributed by atoms with van der Waals surface area (Å²) in [6, 6.07) is 4.48. The maximum absolute atomic E-state index is 5.46. The van der Waals surface area contributed by atoms with Crippen LogP contribution in [0.2, 0.25) is 0 Å². The zero-order valence-electron chi connectivity index (χ0n) is 16.5. The molecule has 4 rings (SSSR count). The maximum atomic E-state index is 5.46. The normalized spacial score (nSPS) is 16.5. The molecule has 3 aromatic rings. The van der Waals surface area contributed by atoms with E-state index >= 15 is 0 Å². The maximum Gasteiger partial charge on any atom is 0.263 e. The van der Waals surface area contributed by atoms with E-state index in [0.717, 1.165) is 50.4 Å². The van der Waals surface area contributed by atoms with Crippen LogP contribution in [0.5, 0.6) is 0 Å². The van der Waals surface area contributed by atoms with Gasteiger partial charge in [0, 0.05) is 24.5 Å². The molecule has 0 atom stereocenters. The molecular formula is C19H25N5O2S2. The highest BCUT2D eigenvalue weighted by Crippen LogP contribution is 2.27. The summed E-state index contributed by atoms with van der Waals surface area (Å²) in [6.07, 6.45) is 3.28. The van der Waals surface area contributed by atoms with E-state index in [9.17, 15) is 0 Å². The third kappa shape index (κ3) is 4.48. The largest absolute Gasteiger partial charge is 0.361 e. The molecule has 150 valence electrons. The van der Waals surface area contributed by atoms with Crippen molar-refractivity contribution in [1.29, 1.82) is 0 Å². The predicted octanol–water partition coefficient (Wildman–Crippen LogP) is 3.83. The molecule has 1 saturated heterocycles. The molecule has 1 aliphatic heterocycles. The summed E-state index contributed by atoms with van der Waals surface area (Å²) in [7, 11) is 0. The van der Waals surface area contributed by atoms with E-state index in [0.29, 0.717) is 24.0 Å². The van der Waals surface area contributed by atoms with E-state index in [4.69, 9.17) is 9.05 Å². The second kappa shape index (κ2) is 8.77. The van der Waals surface area contributed by atoms with Crippen LogP contribution >= 0.6 is 23.1 Å². The summed E-state index contributed by atoms with van der Waals surface area (Å²) in [4.78, 5) is 11.0. The van der Waals surface area contributed by atoms with Gasteiger partial charge in [-0.25, -0.2) is 0 Å². The molecule has 0 aromatic carbocycles. The average molecular weight is 420 g/mol. The molecule has 0 amide bonds. The topological polar surface area (TPSA) is 71.4 Å². The monoisotopic (exact) mass is 419 g/mol. The fraction of sp³-hybridized carbons (Fsp3) is 0.526. The van der Waals surface area contributed by atoms with Crippen LogP contribution in [0.15, 0.2) is 25.4 Å². The summed E-state index contributed by atoms with van der Waals surface area (Å²) in [5.74, 6) is 1.91. The molecule has 9 heteroatoms. The summed E-state index contributed by atoms with van der Waals surface area (Å²) in [6.45, 7) is 9.73. The van der Waals surface area contributed by atoms with Gasteiger partial charge in [-0.15, -0.1) is 23.1 Å². The minimum absolute atomic E-state index is 0.491. The molecule has 28 heavy (non-hydrogen) atoms. The molecule has 7 nitrogen and oxygen atoms in total. The number of aryl methyl sites for hydroxylation is 2. The van der Waals surface area contributed by atoms with E-state index in [1.807, 2.05) is 36.9 Å². The molecule has 3 aromatic heterocycles. The van der Waals surface area contributed by atoms with Crippen molar-refractivity contribution >= 4 is 23.1 Å². The minimum atomic E-state index is 0.491. The number of hydrogen-bond acceptors (Lipinski definition) is 9. The van der Waals surface area contributed by atoms with Gasteiger partial charge in [0.25, 0.3) is 5.89 Å². The molecule has 0 N–H and O–H groups in total. The highest BCUT2D eigenvalue weighted by Gasteiger charge is 2.21.